The second kappa shape index (κ2) is 5.88. The molecule has 1 radical (unpaired) electrons. The van der Waals surface area contributed by atoms with E-state index < -0.39 is 0 Å². The largest absolute Gasteiger partial charge is 0.352 e. The summed E-state index contributed by atoms with van der Waals surface area (Å²) < 4.78 is 0. The van der Waals surface area contributed by atoms with Gasteiger partial charge in [-0.05, 0) is 19.1 Å². The average Bonchev–Trinajstić information content (AvgIpc) is 2.07. The molecule has 1 rings (SSSR count). The van der Waals surface area contributed by atoms with Gasteiger partial charge in [-0.3, -0.25) is 4.79 Å². The van der Waals surface area contributed by atoms with Crippen molar-refractivity contribution in [3.05, 3.63) is 35.9 Å². The summed E-state index contributed by atoms with van der Waals surface area (Å²) in [7, 11) is 0. The first-order chi connectivity index (χ1) is 5.34. The topological polar surface area (TPSA) is 29.1 Å². The van der Waals surface area contributed by atoms with E-state index in [1.165, 1.54) is 0 Å². The van der Waals surface area contributed by atoms with Crippen LogP contribution in [0.2, 0.25) is 0 Å². The van der Waals surface area contributed by atoms with Crippen molar-refractivity contribution in [2.24, 2.45) is 0 Å². The predicted octanol–water partition coefficient (Wildman–Crippen LogP) is 1.06. The zero-order valence-corrected chi connectivity index (χ0v) is 7.50. The van der Waals surface area contributed by atoms with Crippen LogP contribution in [0.1, 0.15) is 17.3 Å². The smallest absolute Gasteiger partial charge is 0.251 e. The van der Waals surface area contributed by atoms with Gasteiger partial charge in [-0.15, -0.1) is 0 Å². The number of hydrogen-bond donors (Lipinski definition) is 1. The minimum Gasteiger partial charge on any atom is -0.352 e. The summed E-state index contributed by atoms with van der Waals surface area (Å²) in [6.07, 6.45) is 0. The summed E-state index contributed by atoms with van der Waals surface area (Å²) in [5, 5.41) is 2.72. The molecule has 0 spiro atoms. The van der Waals surface area contributed by atoms with E-state index in [9.17, 15) is 4.79 Å². The molecule has 0 aliphatic carbocycles. The molecule has 0 aromatic heterocycles. The van der Waals surface area contributed by atoms with Crippen LogP contribution in [0.3, 0.4) is 0 Å². The van der Waals surface area contributed by atoms with Gasteiger partial charge < -0.3 is 5.32 Å². The molecule has 59 valence electrons. The molecule has 3 heteroatoms. The van der Waals surface area contributed by atoms with Crippen molar-refractivity contribution in [3.63, 3.8) is 0 Å². The van der Waals surface area contributed by atoms with Gasteiger partial charge in [-0.2, -0.15) is 0 Å². The standard InChI is InChI=1S/C9H11NO.Li/c1-2-10-9(11)8-6-4-3-5-7-8;/h3-7H,2H2,1H3,(H,10,11);. The molecule has 1 aromatic carbocycles. The Bertz CT molecular complexity index is 236. The van der Waals surface area contributed by atoms with E-state index >= 15 is 0 Å². The Kier molecular flexibility index (Phi) is 5.53. The predicted molar refractivity (Wildman–Crippen MR) is 50.2 cm³/mol. The second-order valence-electron chi connectivity index (χ2n) is 2.23. The maximum absolute atomic E-state index is 11.1. The van der Waals surface area contributed by atoms with Gasteiger partial charge in [0.05, 0.1) is 0 Å². The molecule has 2 nitrogen and oxygen atoms in total. The molecule has 12 heavy (non-hydrogen) atoms. The van der Waals surface area contributed by atoms with Crippen LogP contribution >= 0.6 is 0 Å². The number of rotatable bonds is 2. The van der Waals surface area contributed by atoms with Crippen LogP contribution in [0.4, 0.5) is 0 Å². The van der Waals surface area contributed by atoms with E-state index in [2.05, 4.69) is 5.32 Å². The zero-order valence-electron chi connectivity index (χ0n) is 7.50. The SMILES string of the molecule is CCNC(=O)c1ccccc1.[Li]. The van der Waals surface area contributed by atoms with Crippen molar-refractivity contribution in [2.75, 3.05) is 6.54 Å². The number of amides is 1. The molecule has 0 atom stereocenters. The van der Waals surface area contributed by atoms with Crippen LogP contribution < -0.4 is 5.32 Å². The summed E-state index contributed by atoms with van der Waals surface area (Å²) in [5.74, 6) is -0.00639. The van der Waals surface area contributed by atoms with Gasteiger partial charge in [0.1, 0.15) is 0 Å². The molecule has 0 bridgehead atoms. The minimum absolute atomic E-state index is 0. The Hall–Kier alpha value is -0.713. The first-order valence-electron chi connectivity index (χ1n) is 3.68. The van der Waals surface area contributed by atoms with E-state index in [1.54, 1.807) is 12.1 Å². The quantitative estimate of drug-likeness (QED) is 0.637. The molecule has 1 amide bonds. The molecule has 0 unspecified atom stereocenters. The summed E-state index contributed by atoms with van der Waals surface area (Å²) in [6.45, 7) is 2.58. The van der Waals surface area contributed by atoms with Gasteiger partial charge in [0, 0.05) is 31.0 Å². The van der Waals surface area contributed by atoms with Gasteiger partial charge in [-0.1, -0.05) is 18.2 Å². The Morgan fingerprint density at radius 3 is 2.42 bits per heavy atom. The van der Waals surface area contributed by atoms with Crippen molar-refractivity contribution in [2.45, 2.75) is 6.92 Å². The molecule has 0 fully saturated rings. The Morgan fingerprint density at radius 1 is 1.33 bits per heavy atom. The summed E-state index contributed by atoms with van der Waals surface area (Å²) in [6, 6.07) is 9.19. The molecule has 0 saturated carbocycles. The molecular formula is C9H11LiNO. The Balaban J connectivity index is 0.00000121. The van der Waals surface area contributed by atoms with Gasteiger partial charge in [-0.25, -0.2) is 0 Å². The third kappa shape index (κ3) is 3.12. The molecule has 1 N–H and O–H groups in total. The normalized spacial score (nSPS) is 8.42. The van der Waals surface area contributed by atoms with Crippen molar-refractivity contribution in [3.8, 4) is 0 Å². The minimum atomic E-state index is -0.00639. The van der Waals surface area contributed by atoms with Crippen molar-refractivity contribution in [1.29, 1.82) is 0 Å². The fourth-order valence-corrected chi connectivity index (χ4v) is 0.852. The maximum atomic E-state index is 11.1. The van der Waals surface area contributed by atoms with Gasteiger partial charge in [0.25, 0.3) is 5.91 Å². The van der Waals surface area contributed by atoms with E-state index in [1.807, 2.05) is 25.1 Å². The van der Waals surface area contributed by atoms with Gasteiger partial charge >= 0.3 is 0 Å². The number of benzene rings is 1. The molecule has 1 aromatic rings. The van der Waals surface area contributed by atoms with E-state index in [4.69, 9.17) is 0 Å². The summed E-state index contributed by atoms with van der Waals surface area (Å²) >= 11 is 0. The first kappa shape index (κ1) is 11.3. The Labute approximate surface area is 84.5 Å². The van der Waals surface area contributed by atoms with Crippen LogP contribution in [0.15, 0.2) is 30.3 Å². The van der Waals surface area contributed by atoms with Gasteiger partial charge in [0.15, 0.2) is 0 Å². The van der Waals surface area contributed by atoms with Crippen LogP contribution in [0.25, 0.3) is 0 Å². The fourth-order valence-electron chi connectivity index (χ4n) is 0.852. The average molecular weight is 156 g/mol. The number of carbonyl (C=O) groups excluding carboxylic acids is 1. The molecule has 0 saturated heterocycles. The maximum Gasteiger partial charge on any atom is 0.251 e. The number of nitrogens with one attached hydrogen (secondary N) is 1. The summed E-state index contributed by atoms with van der Waals surface area (Å²) in [5.41, 5.74) is 0.717. The van der Waals surface area contributed by atoms with Crippen molar-refractivity contribution >= 4 is 24.8 Å². The summed E-state index contributed by atoms with van der Waals surface area (Å²) in [4.78, 5) is 11.1. The van der Waals surface area contributed by atoms with E-state index in [-0.39, 0.29) is 24.8 Å². The first-order valence-corrected chi connectivity index (χ1v) is 3.68. The third-order valence-corrected chi connectivity index (χ3v) is 1.37. The molecule has 0 aliphatic rings. The molecular weight excluding hydrogens is 145 g/mol. The molecule has 0 heterocycles. The number of carbonyl (C=O) groups is 1. The van der Waals surface area contributed by atoms with Gasteiger partial charge in [0.2, 0.25) is 0 Å². The second-order valence-corrected chi connectivity index (χ2v) is 2.23. The van der Waals surface area contributed by atoms with Crippen LogP contribution in [0, 0.1) is 0 Å². The van der Waals surface area contributed by atoms with E-state index in [0.29, 0.717) is 12.1 Å². The van der Waals surface area contributed by atoms with Crippen LogP contribution in [-0.2, 0) is 0 Å². The number of hydrogen-bond acceptors (Lipinski definition) is 1. The van der Waals surface area contributed by atoms with Crippen LogP contribution in [0.5, 0.6) is 0 Å². The Morgan fingerprint density at radius 2 is 1.92 bits per heavy atom. The molecule has 0 aliphatic heterocycles. The van der Waals surface area contributed by atoms with Crippen molar-refractivity contribution in [1.82, 2.24) is 5.32 Å². The van der Waals surface area contributed by atoms with Crippen LogP contribution in [-0.4, -0.2) is 31.3 Å². The fraction of sp³-hybridized carbons (Fsp3) is 0.222. The third-order valence-electron chi connectivity index (χ3n) is 1.37. The zero-order chi connectivity index (χ0) is 8.10. The van der Waals surface area contributed by atoms with E-state index in [0.717, 1.165) is 0 Å². The monoisotopic (exact) mass is 156 g/mol. The van der Waals surface area contributed by atoms with Crippen molar-refractivity contribution < 1.29 is 4.79 Å².